The van der Waals surface area contributed by atoms with Crippen LogP contribution in [0.3, 0.4) is 0 Å². The quantitative estimate of drug-likeness (QED) is 0.417. The fourth-order valence-corrected chi connectivity index (χ4v) is 3.66. The molecule has 5 aromatic rings. The predicted octanol–water partition coefficient (Wildman–Crippen LogP) is 4.40. The van der Waals surface area contributed by atoms with Gasteiger partial charge in [0.15, 0.2) is 5.43 Å². The zero-order chi connectivity index (χ0) is 22.3. The Balaban J connectivity index is 1.44. The zero-order valence-corrected chi connectivity index (χ0v) is 17.5. The van der Waals surface area contributed by atoms with Crippen LogP contribution in [0.25, 0.3) is 33.2 Å². The number of nitrogens with one attached hydrogen (secondary N) is 2. The SMILES string of the molecule is CC(C)(NC(=O)c1ccc2c(=O)c3ccccc3[nH]c2c1)c1nc(-c2ccccc2)no1. The molecule has 0 bridgehead atoms. The second-order valence-corrected chi connectivity index (χ2v) is 8.13. The molecule has 3 aromatic carbocycles. The van der Waals surface area contributed by atoms with Gasteiger partial charge in [-0.3, -0.25) is 9.59 Å². The van der Waals surface area contributed by atoms with Crippen molar-refractivity contribution in [3.8, 4) is 11.4 Å². The van der Waals surface area contributed by atoms with Crippen molar-refractivity contribution < 1.29 is 9.32 Å². The lowest BCUT2D eigenvalue weighted by atomic mass is 10.0. The number of carbonyl (C=O) groups excluding carboxylic acids is 1. The first-order chi connectivity index (χ1) is 15.4. The van der Waals surface area contributed by atoms with E-state index in [0.717, 1.165) is 11.1 Å². The zero-order valence-electron chi connectivity index (χ0n) is 17.5. The predicted molar refractivity (Wildman–Crippen MR) is 122 cm³/mol. The van der Waals surface area contributed by atoms with Crippen LogP contribution in [0.5, 0.6) is 0 Å². The van der Waals surface area contributed by atoms with Crippen LogP contribution in [0, 0.1) is 0 Å². The first kappa shape index (κ1) is 19.7. The molecule has 0 aliphatic rings. The highest BCUT2D eigenvalue weighted by Gasteiger charge is 2.30. The molecule has 0 aliphatic carbocycles. The summed E-state index contributed by atoms with van der Waals surface area (Å²) in [4.78, 5) is 33.5. The summed E-state index contributed by atoms with van der Waals surface area (Å²) >= 11 is 0. The van der Waals surface area contributed by atoms with Crippen molar-refractivity contribution in [3.63, 3.8) is 0 Å². The molecule has 0 fully saturated rings. The number of carbonyl (C=O) groups is 1. The van der Waals surface area contributed by atoms with E-state index in [1.807, 2.05) is 48.5 Å². The standard InChI is InChI=1S/C25H20N4O3/c1-25(2,24-27-22(29-32-24)15-8-4-3-5-9-15)28-23(31)16-12-13-18-20(14-16)26-19-11-7-6-10-17(19)21(18)30/h3-14H,1-2H3,(H,26,30)(H,28,31). The van der Waals surface area contributed by atoms with Crippen molar-refractivity contribution in [2.75, 3.05) is 0 Å². The van der Waals surface area contributed by atoms with Gasteiger partial charge in [0.25, 0.3) is 11.8 Å². The number of para-hydroxylation sites is 1. The van der Waals surface area contributed by atoms with Gasteiger partial charge in [-0.15, -0.1) is 0 Å². The molecule has 5 rings (SSSR count). The van der Waals surface area contributed by atoms with E-state index in [-0.39, 0.29) is 11.3 Å². The maximum Gasteiger partial charge on any atom is 0.252 e. The molecule has 0 atom stereocenters. The number of pyridine rings is 1. The molecule has 1 amide bonds. The largest absolute Gasteiger partial charge is 0.354 e. The van der Waals surface area contributed by atoms with Gasteiger partial charge in [-0.1, -0.05) is 47.6 Å². The Kier molecular flexibility index (Phi) is 4.59. The third-order valence-electron chi connectivity index (χ3n) is 5.39. The number of amides is 1. The average molecular weight is 424 g/mol. The monoisotopic (exact) mass is 424 g/mol. The van der Waals surface area contributed by atoms with Crippen molar-refractivity contribution in [1.29, 1.82) is 0 Å². The number of aromatic amines is 1. The molecule has 2 N–H and O–H groups in total. The van der Waals surface area contributed by atoms with Crippen LogP contribution in [0.2, 0.25) is 0 Å². The summed E-state index contributed by atoms with van der Waals surface area (Å²) in [7, 11) is 0. The molecule has 7 nitrogen and oxygen atoms in total. The van der Waals surface area contributed by atoms with E-state index in [2.05, 4.69) is 20.4 Å². The van der Waals surface area contributed by atoms with E-state index in [0.29, 0.717) is 33.6 Å². The highest BCUT2D eigenvalue weighted by atomic mass is 16.5. The molecular formula is C25H20N4O3. The number of H-pyrrole nitrogens is 1. The molecule has 0 saturated heterocycles. The van der Waals surface area contributed by atoms with Crippen LogP contribution >= 0.6 is 0 Å². The number of nitrogens with zero attached hydrogens (tertiary/aromatic N) is 2. The van der Waals surface area contributed by atoms with E-state index in [9.17, 15) is 9.59 Å². The number of rotatable bonds is 4. The lowest BCUT2D eigenvalue weighted by molar-refractivity contribution is 0.0895. The Hall–Kier alpha value is -4.26. The molecule has 0 unspecified atom stereocenters. The second kappa shape index (κ2) is 7.46. The van der Waals surface area contributed by atoms with Gasteiger partial charge in [-0.05, 0) is 44.2 Å². The van der Waals surface area contributed by atoms with Crippen molar-refractivity contribution in [2.45, 2.75) is 19.4 Å². The number of hydrogen-bond acceptors (Lipinski definition) is 5. The minimum atomic E-state index is -0.900. The molecular weight excluding hydrogens is 404 g/mol. The Labute approximate surface area is 183 Å². The Morgan fingerprint density at radius 3 is 2.47 bits per heavy atom. The third-order valence-corrected chi connectivity index (χ3v) is 5.39. The van der Waals surface area contributed by atoms with Gasteiger partial charge < -0.3 is 14.8 Å². The van der Waals surface area contributed by atoms with E-state index < -0.39 is 5.54 Å². The Morgan fingerprint density at radius 1 is 0.938 bits per heavy atom. The highest BCUT2D eigenvalue weighted by Crippen LogP contribution is 2.23. The minimum absolute atomic E-state index is 0.0686. The summed E-state index contributed by atoms with van der Waals surface area (Å²) in [6.07, 6.45) is 0. The molecule has 32 heavy (non-hydrogen) atoms. The van der Waals surface area contributed by atoms with Crippen LogP contribution in [-0.4, -0.2) is 21.0 Å². The van der Waals surface area contributed by atoms with Crippen LogP contribution < -0.4 is 10.7 Å². The van der Waals surface area contributed by atoms with E-state index >= 15 is 0 Å². The van der Waals surface area contributed by atoms with Gasteiger partial charge in [-0.25, -0.2) is 0 Å². The normalized spacial score (nSPS) is 11.7. The molecule has 0 spiro atoms. The van der Waals surface area contributed by atoms with Gasteiger partial charge in [0, 0.05) is 27.4 Å². The highest BCUT2D eigenvalue weighted by molar-refractivity contribution is 6.00. The number of aromatic nitrogens is 3. The van der Waals surface area contributed by atoms with Gasteiger partial charge in [0.2, 0.25) is 5.82 Å². The number of hydrogen-bond donors (Lipinski definition) is 2. The fraction of sp³-hybridized carbons (Fsp3) is 0.120. The van der Waals surface area contributed by atoms with E-state index in [1.165, 1.54) is 0 Å². The van der Waals surface area contributed by atoms with Crippen molar-refractivity contribution in [1.82, 2.24) is 20.4 Å². The smallest absolute Gasteiger partial charge is 0.252 e. The Bertz CT molecular complexity index is 1520. The van der Waals surface area contributed by atoms with Crippen LogP contribution in [-0.2, 0) is 5.54 Å². The number of benzene rings is 3. The maximum atomic E-state index is 13.0. The first-order valence-corrected chi connectivity index (χ1v) is 10.2. The molecule has 158 valence electrons. The van der Waals surface area contributed by atoms with Gasteiger partial charge in [-0.2, -0.15) is 4.98 Å². The summed E-state index contributed by atoms with van der Waals surface area (Å²) in [5, 5.41) is 8.12. The maximum absolute atomic E-state index is 13.0. The van der Waals surface area contributed by atoms with Gasteiger partial charge in [0.1, 0.15) is 5.54 Å². The first-order valence-electron chi connectivity index (χ1n) is 10.2. The van der Waals surface area contributed by atoms with Crippen LogP contribution in [0.1, 0.15) is 30.1 Å². The summed E-state index contributed by atoms with van der Waals surface area (Å²) in [5.41, 5.74) is 1.60. The molecule has 0 radical (unpaired) electrons. The van der Waals surface area contributed by atoms with E-state index in [1.54, 1.807) is 38.1 Å². The lowest BCUT2D eigenvalue weighted by Gasteiger charge is -2.21. The Morgan fingerprint density at radius 2 is 1.66 bits per heavy atom. The average Bonchev–Trinajstić information content (AvgIpc) is 3.31. The fourth-order valence-electron chi connectivity index (χ4n) is 3.66. The molecule has 0 aliphatic heterocycles. The van der Waals surface area contributed by atoms with Crippen LogP contribution in [0.4, 0.5) is 0 Å². The lowest BCUT2D eigenvalue weighted by Crippen LogP contribution is -2.41. The van der Waals surface area contributed by atoms with Crippen molar-refractivity contribution in [3.05, 3.63) is 94.5 Å². The summed E-state index contributed by atoms with van der Waals surface area (Å²) < 4.78 is 5.43. The second-order valence-electron chi connectivity index (χ2n) is 8.13. The van der Waals surface area contributed by atoms with Crippen molar-refractivity contribution in [2.24, 2.45) is 0 Å². The molecule has 0 saturated carbocycles. The van der Waals surface area contributed by atoms with Gasteiger partial charge >= 0.3 is 0 Å². The van der Waals surface area contributed by atoms with E-state index in [4.69, 9.17) is 4.52 Å². The summed E-state index contributed by atoms with van der Waals surface area (Å²) in [5.74, 6) is 0.438. The summed E-state index contributed by atoms with van der Waals surface area (Å²) in [6.45, 7) is 3.59. The molecule has 2 heterocycles. The van der Waals surface area contributed by atoms with Crippen molar-refractivity contribution >= 4 is 27.7 Å². The topological polar surface area (TPSA) is 101 Å². The summed E-state index contributed by atoms with van der Waals surface area (Å²) in [6, 6.07) is 21.8. The van der Waals surface area contributed by atoms with Crippen LogP contribution in [0.15, 0.2) is 82.1 Å². The third kappa shape index (κ3) is 3.43. The minimum Gasteiger partial charge on any atom is -0.354 e. The molecule has 2 aromatic heterocycles. The van der Waals surface area contributed by atoms with Gasteiger partial charge in [0.05, 0.1) is 5.52 Å². The number of fused-ring (bicyclic) bond motifs is 2. The molecule has 7 heteroatoms.